The third-order valence-electron chi connectivity index (χ3n) is 2.69. The molecule has 0 fully saturated rings. The van der Waals surface area contributed by atoms with Crippen molar-refractivity contribution in [2.45, 2.75) is 13.5 Å². The Morgan fingerprint density at radius 2 is 2.11 bits per heavy atom. The van der Waals surface area contributed by atoms with Crippen LogP contribution in [0.4, 0.5) is 0 Å². The molecule has 1 heterocycles. The summed E-state index contributed by atoms with van der Waals surface area (Å²) in [7, 11) is 1.52. The highest BCUT2D eigenvalue weighted by Crippen LogP contribution is 2.19. The first-order valence-electron chi connectivity index (χ1n) is 5.79. The number of aryl methyl sites for hydroxylation is 1. The maximum absolute atomic E-state index is 12.1. The Morgan fingerprint density at radius 1 is 1.32 bits per heavy atom. The van der Waals surface area contributed by atoms with E-state index in [1.54, 1.807) is 12.1 Å². The van der Waals surface area contributed by atoms with Gasteiger partial charge in [0.05, 0.1) is 24.9 Å². The van der Waals surface area contributed by atoms with Gasteiger partial charge in [0.1, 0.15) is 5.75 Å². The van der Waals surface area contributed by atoms with E-state index in [4.69, 9.17) is 4.74 Å². The minimum atomic E-state index is -0.248. The van der Waals surface area contributed by atoms with Gasteiger partial charge in [-0.15, -0.1) is 0 Å². The minimum Gasteiger partial charge on any atom is -0.496 e. The number of carbonyl (C=O) groups is 1. The number of aromatic amines is 2. The zero-order valence-electron chi connectivity index (χ0n) is 10.7. The molecule has 0 unspecified atom stereocenters. The number of nitrogens with one attached hydrogen (secondary N) is 3. The van der Waals surface area contributed by atoms with E-state index in [9.17, 15) is 9.59 Å². The molecule has 1 aromatic heterocycles. The molecule has 0 bridgehead atoms. The van der Waals surface area contributed by atoms with E-state index in [0.29, 0.717) is 17.0 Å². The monoisotopic (exact) mass is 261 g/mol. The van der Waals surface area contributed by atoms with Crippen LogP contribution in [0.2, 0.25) is 0 Å². The summed E-state index contributed by atoms with van der Waals surface area (Å²) >= 11 is 0. The molecule has 0 saturated carbocycles. The number of amides is 1. The molecule has 0 aliphatic rings. The van der Waals surface area contributed by atoms with Crippen LogP contribution in [-0.2, 0) is 6.54 Å². The van der Waals surface area contributed by atoms with E-state index < -0.39 is 0 Å². The summed E-state index contributed by atoms with van der Waals surface area (Å²) in [6.07, 6.45) is 0. The summed E-state index contributed by atoms with van der Waals surface area (Å²) in [5.41, 5.74) is 1.84. The van der Waals surface area contributed by atoms with Crippen molar-refractivity contribution in [1.82, 2.24) is 15.5 Å². The van der Waals surface area contributed by atoms with Crippen molar-refractivity contribution in [3.63, 3.8) is 0 Å². The Labute approximate surface area is 109 Å². The van der Waals surface area contributed by atoms with Crippen LogP contribution in [0, 0.1) is 6.92 Å². The Hall–Kier alpha value is -2.50. The molecule has 0 radical (unpaired) electrons. The van der Waals surface area contributed by atoms with Gasteiger partial charge in [0.25, 0.3) is 11.5 Å². The van der Waals surface area contributed by atoms with Gasteiger partial charge < -0.3 is 15.2 Å². The number of rotatable bonds is 4. The van der Waals surface area contributed by atoms with Crippen molar-refractivity contribution < 1.29 is 9.53 Å². The van der Waals surface area contributed by atoms with Gasteiger partial charge in [-0.2, -0.15) is 0 Å². The summed E-state index contributed by atoms with van der Waals surface area (Å²) in [6.45, 7) is 2.15. The molecule has 1 aromatic carbocycles. The summed E-state index contributed by atoms with van der Waals surface area (Å²) in [4.78, 5) is 23.0. The first kappa shape index (κ1) is 12.9. The number of hydrogen-bond donors (Lipinski definition) is 3. The van der Waals surface area contributed by atoms with Crippen molar-refractivity contribution in [3.8, 4) is 5.75 Å². The predicted octanol–water partition coefficient (Wildman–Crippen LogP) is 0.950. The highest BCUT2D eigenvalue weighted by molar-refractivity contribution is 5.97. The van der Waals surface area contributed by atoms with Crippen LogP contribution in [0.3, 0.4) is 0 Å². The lowest BCUT2D eigenvalue weighted by Gasteiger charge is -2.09. The molecule has 2 aromatic rings. The molecule has 0 aliphatic heterocycles. The van der Waals surface area contributed by atoms with E-state index in [-0.39, 0.29) is 18.0 Å². The van der Waals surface area contributed by atoms with Gasteiger partial charge in [-0.05, 0) is 19.1 Å². The first-order chi connectivity index (χ1) is 9.10. The van der Waals surface area contributed by atoms with E-state index in [1.165, 1.54) is 13.2 Å². The molecule has 6 nitrogen and oxygen atoms in total. The third-order valence-corrected chi connectivity index (χ3v) is 2.69. The van der Waals surface area contributed by atoms with Crippen LogP contribution < -0.4 is 15.6 Å². The second kappa shape index (κ2) is 5.43. The summed E-state index contributed by atoms with van der Waals surface area (Å²) < 4.78 is 5.15. The van der Waals surface area contributed by atoms with Crippen molar-refractivity contribution in [3.05, 3.63) is 51.4 Å². The van der Waals surface area contributed by atoms with Crippen LogP contribution in [0.5, 0.6) is 5.75 Å². The van der Waals surface area contributed by atoms with Crippen molar-refractivity contribution in [2.75, 3.05) is 7.11 Å². The first-order valence-corrected chi connectivity index (χ1v) is 5.79. The van der Waals surface area contributed by atoms with Crippen molar-refractivity contribution >= 4 is 5.91 Å². The SMILES string of the molecule is COc1ccc(C)cc1C(=O)NCc1cc(=O)[nH][nH]1. The normalized spacial score (nSPS) is 10.2. The van der Waals surface area contributed by atoms with E-state index in [1.807, 2.05) is 13.0 Å². The maximum atomic E-state index is 12.1. The lowest BCUT2D eigenvalue weighted by Crippen LogP contribution is -2.23. The average Bonchev–Trinajstić information content (AvgIpc) is 2.81. The standard InChI is InChI=1S/C13H15N3O3/c1-8-3-4-11(19-2)10(5-8)13(18)14-7-9-6-12(17)16-15-9/h3-6H,7H2,1-2H3,(H,14,18)(H2,15,16,17). The van der Waals surface area contributed by atoms with Gasteiger partial charge in [0.2, 0.25) is 0 Å². The fraction of sp³-hybridized carbons (Fsp3) is 0.231. The molecule has 0 atom stereocenters. The van der Waals surface area contributed by atoms with E-state index in [2.05, 4.69) is 15.5 Å². The van der Waals surface area contributed by atoms with Gasteiger partial charge in [-0.1, -0.05) is 11.6 Å². The van der Waals surface area contributed by atoms with Gasteiger partial charge in [-0.3, -0.25) is 14.7 Å². The van der Waals surface area contributed by atoms with Crippen LogP contribution >= 0.6 is 0 Å². The lowest BCUT2D eigenvalue weighted by atomic mass is 10.1. The molecule has 1 amide bonds. The van der Waals surface area contributed by atoms with Gasteiger partial charge in [0.15, 0.2) is 0 Å². The van der Waals surface area contributed by atoms with E-state index in [0.717, 1.165) is 5.56 Å². The highest BCUT2D eigenvalue weighted by Gasteiger charge is 2.12. The Morgan fingerprint density at radius 3 is 2.74 bits per heavy atom. The number of aromatic nitrogens is 2. The molecular formula is C13H15N3O3. The van der Waals surface area contributed by atoms with Crippen LogP contribution in [0.1, 0.15) is 21.6 Å². The topological polar surface area (TPSA) is 87.0 Å². The molecule has 19 heavy (non-hydrogen) atoms. The number of hydrogen-bond acceptors (Lipinski definition) is 3. The van der Waals surface area contributed by atoms with Crippen LogP contribution in [0.15, 0.2) is 29.1 Å². The van der Waals surface area contributed by atoms with Crippen LogP contribution in [-0.4, -0.2) is 23.2 Å². The van der Waals surface area contributed by atoms with Gasteiger partial charge >= 0.3 is 0 Å². The van der Waals surface area contributed by atoms with Gasteiger partial charge in [0, 0.05) is 6.07 Å². The highest BCUT2D eigenvalue weighted by atomic mass is 16.5. The fourth-order valence-corrected chi connectivity index (χ4v) is 1.74. The second-order valence-corrected chi connectivity index (χ2v) is 4.17. The Balaban J connectivity index is 2.11. The zero-order valence-corrected chi connectivity index (χ0v) is 10.7. The second-order valence-electron chi connectivity index (χ2n) is 4.17. The van der Waals surface area contributed by atoms with Crippen molar-refractivity contribution in [1.29, 1.82) is 0 Å². The summed E-state index contributed by atoms with van der Waals surface area (Å²) in [5, 5.41) is 7.80. The van der Waals surface area contributed by atoms with E-state index >= 15 is 0 Å². The fourth-order valence-electron chi connectivity index (χ4n) is 1.74. The molecular weight excluding hydrogens is 246 g/mol. The third kappa shape index (κ3) is 3.04. The summed E-state index contributed by atoms with van der Waals surface area (Å²) in [6, 6.07) is 6.78. The summed E-state index contributed by atoms with van der Waals surface area (Å²) in [5.74, 6) is 0.272. The molecule has 6 heteroatoms. The lowest BCUT2D eigenvalue weighted by molar-refractivity contribution is 0.0947. The quantitative estimate of drug-likeness (QED) is 0.765. The predicted molar refractivity (Wildman–Crippen MR) is 70.3 cm³/mol. The van der Waals surface area contributed by atoms with Crippen molar-refractivity contribution in [2.24, 2.45) is 0 Å². The Kier molecular flexibility index (Phi) is 3.70. The number of H-pyrrole nitrogens is 2. The molecule has 0 saturated heterocycles. The number of carbonyl (C=O) groups excluding carboxylic acids is 1. The Bertz CT molecular complexity index is 643. The minimum absolute atomic E-state index is 0.225. The number of benzene rings is 1. The van der Waals surface area contributed by atoms with Crippen LogP contribution in [0.25, 0.3) is 0 Å². The number of ether oxygens (including phenoxy) is 1. The molecule has 0 spiro atoms. The average molecular weight is 261 g/mol. The number of methoxy groups -OCH3 is 1. The molecule has 3 N–H and O–H groups in total. The smallest absolute Gasteiger partial charge is 0.264 e. The maximum Gasteiger partial charge on any atom is 0.264 e. The largest absolute Gasteiger partial charge is 0.496 e. The zero-order chi connectivity index (χ0) is 13.8. The molecule has 0 aliphatic carbocycles. The molecule has 100 valence electrons. The molecule has 2 rings (SSSR count). The van der Waals surface area contributed by atoms with Gasteiger partial charge in [-0.25, -0.2) is 0 Å².